The molecule has 108 valence electrons. The number of nitrogens with zero attached hydrogens (tertiary/aromatic N) is 1. The normalized spacial score (nSPS) is 24.3. The zero-order chi connectivity index (χ0) is 13.9. The number of hydrogen-bond acceptors (Lipinski definition) is 2. The molecule has 0 bridgehead atoms. The first kappa shape index (κ1) is 13.7. The quantitative estimate of drug-likeness (QED) is 0.898. The minimum absolute atomic E-state index is 0.0973. The second-order valence-electron chi connectivity index (χ2n) is 6.10. The Bertz CT molecular complexity index is 563. The molecule has 2 heterocycles. The van der Waals surface area contributed by atoms with Gasteiger partial charge in [0.15, 0.2) is 0 Å². The molecule has 0 saturated carbocycles. The van der Waals surface area contributed by atoms with E-state index in [0.717, 1.165) is 32.5 Å². The molecule has 0 radical (unpaired) electrons. The number of benzene rings is 1. The lowest BCUT2D eigenvalue weighted by atomic mass is 9.96. The number of para-hydroxylation sites is 1. The summed E-state index contributed by atoms with van der Waals surface area (Å²) < 4.78 is 0. The lowest BCUT2D eigenvalue weighted by molar-refractivity contribution is 0.0348. The van der Waals surface area contributed by atoms with Crippen molar-refractivity contribution < 1.29 is 5.11 Å². The van der Waals surface area contributed by atoms with Crippen molar-refractivity contribution in [1.29, 1.82) is 0 Å². The molecule has 2 N–H and O–H groups in total. The molecule has 0 aliphatic carbocycles. The van der Waals surface area contributed by atoms with Crippen molar-refractivity contribution in [1.82, 2.24) is 9.88 Å². The molecule has 1 saturated heterocycles. The summed E-state index contributed by atoms with van der Waals surface area (Å²) in [5.41, 5.74) is 2.66. The molecular formula is C17H24N2O. The minimum atomic E-state index is -0.0973. The first-order chi connectivity index (χ1) is 9.74. The van der Waals surface area contributed by atoms with Crippen molar-refractivity contribution in [3.05, 3.63) is 36.0 Å². The molecule has 1 fully saturated rings. The average molecular weight is 272 g/mol. The molecule has 1 aliphatic heterocycles. The number of nitrogens with one attached hydrogen (secondary N) is 1. The number of H-pyrrole nitrogens is 1. The third kappa shape index (κ3) is 2.89. The molecule has 3 rings (SSSR count). The van der Waals surface area contributed by atoms with E-state index >= 15 is 0 Å². The maximum atomic E-state index is 9.76. The monoisotopic (exact) mass is 272 g/mol. The Balaban J connectivity index is 1.53. The molecule has 1 aromatic heterocycles. The van der Waals surface area contributed by atoms with E-state index in [4.69, 9.17) is 0 Å². The first-order valence-corrected chi connectivity index (χ1v) is 7.69. The maximum absolute atomic E-state index is 9.76. The number of aliphatic hydroxyl groups excluding tert-OH is 1. The molecular weight excluding hydrogens is 248 g/mol. The van der Waals surface area contributed by atoms with Crippen LogP contribution in [-0.2, 0) is 6.42 Å². The van der Waals surface area contributed by atoms with Gasteiger partial charge in [0.1, 0.15) is 0 Å². The van der Waals surface area contributed by atoms with E-state index in [0.29, 0.717) is 5.92 Å². The van der Waals surface area contributed by atoms with Gasteiger partial charge in [-0.2, -0.15) is 0 Å². The van der Waals surface area contributed by atoms with Gasteiger partial charge in [-0.25, -0.2) is 0 Å². The van der Waals surface area contributed by atoms with Crippen molar-refractivity contribution in [2.75, 3.05) is 19.6 Å². The smallest absolute Gasteiger partial charge is 0.0590 e. The Morgan fingerprint density at radius 2 is 2.20 bits per heavy atom. The molecule has 0 spiro atoms. The second kappa shape index (κ2) is 5.98. The summed E-state index contributed by atoms with van der Waals surface area (Å²) in [6.07, 6.45) is 5.28. The fourth-order valence-electron chi connectivity index (χ4n) is 3.25. The summed E-state index contributed by atoms with van der Waals surface area (Å²) in [5, 5.41) is 11.1. The highest BCUT2D eigenvalue weighted by Gasteiger charge is 2.23. The van der Waals surface area contributed by atoms with Gasteiger partial charge in [0.2, 0.25) is 0 Å². The Labute approximate surface area is 120 Å². The van der Waals surface area contributed by atoms with Crippen molar-refractivity contribution in [2.24, 2.45) is 5.92 Å². The Hall–Kier alpha value is -1.32. The number of hydrogen-bond donors (Lipinski definition) is 2. The Kier molecular flexibility index (Phi) is 4.08. The van der Waals surface area contributed by atoms with E-state index in [1.54, 1.807) is 0 Å². The van der Waals surface area contributed by atoms with Crippen LogP contribution in [0.2, 0.25) is 0 Å². The van der Waals surface area contributed by atoms with Crippen molar-refractivity contribution in [2.45, 2.75) is 32.3 Å². The highest BCUT2D eigenvalue weighted by atomic mass is 16.3. The summed E-state index contributed by atoms with van der Waals surface area (Å²) in [6, 6.07) is 8.50. The van der Waals surface area contributed by atoms with Crippen molar-refractivity contribution in [3.63, 3.8) is 0 Å². The lowest BCUT2D eigenvalue weighted by Crippen LogP contribution is -2.42. The van der Waals surface area contributed by atoms with Gasteiger partial charge >= 0.3 is 0 Å². The molecule has 20 heavy (non-hydrogen) atoms. The summed E-state index contributed by atoms with van der Waals surface area (Å²) in [6.45, 7) is 5.36. The number of rotatable bonds is 4. The predicted octanol–water partition coefficient (Wildman–Crippen LogP) is 2.80. The summed E-state index contributed by atoms with van der Waals surface area (Å²) in [7, 11) is 0. The lowest BCUT2D eigenvalue weighted by Gasteiger charge is -2.34. The summed E-state index contributed by atoms with van der Waals surface area (Å²) in [5.74, 6) is 0.414. The van der Waals surface area contributed by atoms with Gasteiger partial charge in [0, 0.05) is 30.2 Å². The third-order valence-electron chi connectivity index (χ3n) is 4.54. The predicted molar refractivity (Wildman–Crippen MR) is 82.8 cm³/mol. The van der Waals surface area contributed by atoms with Crippen LogP contribution in [0.25, 0.3) is 10.9 Å². The van der Waals surface area contributed by atoms with Gasteiger partial charge in [-0.3, -0.25) is 0 Å². The Morgan fingerprint density at radius 3 is 3.05 bits per heavy atom. The van der Waals surface area contributed by atoms with Crippen molar-refractivity contribution in [3.8, 4) is 0 Å². The minimum Gasteiger partial charge on any atom is -0.393 e. The van der Waals surface area contributed by atoms with Crippen molar-refractivity contribution >= 4 is 10.9 Å². The fourth-order valence-corrected chi connectivity index (χ4v) is 3.25. The number of fused-ring (bicyclic) bond motifs is 1. The van der Waals surface area contributed by atoms with Gasteiger partial charge in [0.25, 0.3) is 0 Å². The van der Waals surface area contributed by atoms with E-state index in [9.17, 15) is 5.11 Å². The highest BCUT2D eigenvalue weighted by molar-refractivity contribution is 5.82. The number of aromatic amines is 1. The summed E-state index contributed by atoms with van der Waals surface area (Å²) in [4.78, 5) is 5.84. The SMILES string of the molecule is C[C@H]1CN(CCCc2c[nH]c3ccccc23)CC[C@@H]1O. The van der Waals surface area contributed by atoms with Crippen LogP contribution in [0.5, 0.6) is 0 Å². The third-order valence-corrected chi connectivity index (χ3v) is 4.54. The van der Waals surface area contributed by atoms with Crippen LogP contribution in [0.15, 0.2) is 30.5 Å². The molecule has 3 nitrogen and oxygen atoms in total. The number of aryl methyl sites for hydroxylation is 1. The van der Waals surface area contributed by atoms with Gasteiger partial charge in [-0.1, -0.05) is 25.1 Å². The molecule has 3 heteroatoms. The molecule has 2 atom stereocenters. The Morgan fingerprint density at radius 1 is 1.35 bits per heavy atom. The topological polar surface area (TPSA) is 39.3 Å². The number of likely N-dealkylation sites (tertiary alicyclic amines) is 1. The van der Waals surface area contributed by atoms with Crippen LogP contribution in [0.4, 0.5) is 0 Å². The average Bonchev–Trinajstić information content (AvgIpc) is 2.86. The fraction of sp³-hybridized carbons (Fsp3) is 0.529. The van der Waals surface area contributed by atoms with E-state index in [-0.39, 0.29) is 6.10 Å². The second-order valence-corrected chi connectivity index (χ2v) is 6.10. The van der Waals surface area contributed by atoms with Crippen LogP contribution in [0.3, 0.4) is 0 Å². The largest absolute Gasteiger partial charge is 0.393 e. The molecule has 2 aromatic rings. The molecule has 0 unspecified atom stereocenters. The standard InChI is InChI=1S/C17H24N2O/c1-13-12-19(10-8-17(13)20)9-4-5-14-11-18-16-7-3-2-6-15(14)16/h2-3,6-7,11,13,17-18,20H,4-5,8-10,12H2,1H3/t13-,17-/m0/s1. The van der Waals surface area contributed by atoms with Gasteiger partial charge in [-0.05, 0) is 43.4 Å². The summed E-state index contributed by atoms with van der Waals surface area (Å²) >= 11 is 0. The highest BCUT2D eigenvalue weighted by Crippen LogP contribution is 2.20. The van der Waals surface area contributed by atoms with Gasteiger partial charge in [-0.15, -0.1) is 0 Å². The van der Waals surface area contributed by atoms with E-state index in [1.165, 1.54) is 22.9 Å². The number of piperidine rings is 1. The van der Waals surface area contributed by atoms with Gasteiger partial charge < -0.3 is 15.0 Å². The number of aromatic nitrogens is 1. The van der Waals surface area contributed by atoms with Crippen LogP contribution < -0.4 is 0 Å². The van der Waals surface area contributed by atoms with Crippen LogP contribution >= 0.6 is 0 Å². The van der Waals surface area contributed by atoms with Crippen LogP contribution in [0, 0.1) is 5.92 Å². The molecule has 1 aliphatic rings. The first-order valence-electron chi connectivity index (χ1n) is 7.69. The van der Waals surface area contributed by atoms with Gasteiger partial charge in [0.05, 0.1) is 6.10 Å². The number of aliphatic hydroxyl groups is 1. The zero-order valence-corrected chi connectivity index (χ0v) is 12.2. The van der Waals surface area contributed by atoms with Crippen LogP contribution in [-0.4, -0.2) is 40.7 Å². The van der Waals surface area contributed by atoms with E-state index in [1.807, 2.05) is 0 Å². The van der Waals surface area contributed by atoms with E-state index in [2.05, 4.69) is 47.3 Å². The molecule has 0 amide bonds. The maximum Gasteiger partial charge on any atom is 0.0590 e. The van der Waals surface area contributed by atoms with E-state index < -0.39 is 0 Å². The zero-order valence-electron chi connectivity index (χ0n) is 12.2. The molecule has 1 aromatic carbocycles. The van der Waals surface area contributed by atoms with Crippen LogP contribution in [0.1, 0.15) is 25.3 Å².